The van der Waals surface area contributed by atoms with Gasteiger partial charge in [-0.25, -0.2) is 0 Å². The first-order valence-corrected chi connectivity index (χ1v) is 7.78. The molecule has 1 amide bonds. The quantitative estimate of drug-likeness (QED) is 0.944. The van der Waals surface area contributed by atoms with Crippen molar-refractivity contribution in [1.29, 1.82) is 0 Å². The van der Waals surface area contributed by atoms with Gasteiger partial charge in [-0.15, -0.1) is 0 Å². The molecular weight excluding hydrogens is 272 g/mol. The first-order valence-electron chi connectivity index (χ1n) is 7.78. The van der Waals surface area contributed by atoms with E-state index in [9.17, 15) is 4.79 Å². The lowest BCUT2D eigenvalue weighted by Gasteiger charge is -2.30. The van der Waals surface area contributed by atoms with Crippen LogP contribution in [0.15, 0.2) is 48.5 Å². The largest absolute Gasteiger partial charge is 0.343 e. The molecule has 0 aliphatic carbocycles. The van der Waals surface area contributed by atoms with E-state index in [0.717, 1.165) is 19.5 Å². The van der Waals surface area contributed by atoms with Gasteiger partial charge in [-0.2, -0.15) is 0 Å². The van der Waals surface area contributed by atoms with Gasteiger partial charge in [-0.3, -0.25) is 4.79 Å². The minimum atomic E-state index is -0.106. The van der Waals surface area contributed by atoms with Crippen LogP contribution in [0.4, 0.5) is 0 Å². The third-order valence-corrected chi connectivity index (χ3v) is 4.34. The smallest absolute Gasteiger partial charge is 0.239 e. The van der Waals surface area contributed by atoms with Crippen LogP contribution in [0.5, 0.6) is 0 Å². The monoisotopic (exact) mass is 294 g/mol. The molecule has 2 aromatic carbocycles. The number of carbonyl (C=O) groups excluding carboxylic acids is 1. The van der Waals surface area contributed by atoms with Gasteiger partial charge in [-0.05, 0) is 35.6 Å². The Balaban J connectivity index is 1.83. The topological polar surface area (TPSA) is 32.3 Å². The Morgan fingerprint density at radius 3 is 2.82 bits per heavy atom. The summed E-state index contributed by atoms with van der Waals surface area (Å²) in [6.07, 6.45) is 0.739. The first kappa shape index (κ1) is 14.8. The Morgan fingerprint density at radius 1 is 1.18 bits per heavy atom. The number of piperazine rings is 1. The van der Waals surface area contributed by atoms with Crippen LogP contribution in [0.25, 0.3) is 11.1 Å². The van der Waals surface area contributed by atoms with Gasteiger partial charge in [0, 0.05) is 20.1 Å². The van der Waals surface area contributed by atoms with Gasteiger partial charge in [0.25, 0.3) is 0 Å². The molecule has 0 radical (unpaired) electrons. The Labute approximate surface area is 132 Å². The number of benzene rings is 2. The zero-order valence-electron chi connectivity index (χ0n) is 13.2. The van der Waals surface area contributed by atoms with Crippen molar-refractivity contribution in [3.8, 4) is 11.1 Å². The number of likely N-dealkylation sites (N-methyl/N-ethyl adjacent to an activating group) is 1. The molecule has 0 unspecified atom stereocenters. The number of nitrogens with zero attached hydrogens (tertiary/aromatic N) is 1. The summed E-state index contributed by atoms with van der Waals surface area (Å²) < 4.78 is 0. The molecule has 1 heterocycles. The highest BCUT2D eigenvalue weighted by Crippen LogP contribution is 2.24. The molecule has 0 saturated carbocycles. The average Bonchev–Trinajstić information content (AvgIpc) is 2.53. The zero-order chi connectivity index (χ0) is 15.5. The molecule has 3 rings (SSSR count). The summed E-state index contributed by atoms with van der Waals surface area (Å²) in [5.41, 5.74) is 4.93. The van der Waals surface area contributed by atoms with Gasteiger partial charge in [-0.1, -0.05) is 48.5 Å². The summed E-state index contributed by atoms with van der Waals surface area (Å²) in [6.45, 7) is 3.78. The van der Waals surface area contributed by atoms with E-state index in [1.165, 1.54) is 22.3 Å². The van der Waals surface area contributed by atoms with E-state index in [2.05, 4.69) is 60.8 Å². The summed E-state index contributed by atoms with van der Waals surface area (Å²) >= 11 is 0. The fourth-order valence-electron chi connectivity index (χ4n) is 3.03. The molecule has 3 heteroatoms. The Morgan fingerprint density at radius 2 is 2.00 bits per heavy atom. The average molecular weight is 294 g/mol. The SMILES string of the molecule is Cc1ccccc1-c1cccc(C[C@@H]2NCCN(C)C2=O)c1. The van der Waals surface area contributed by atoms with E-state index in [-0.39, 0.29) is 11.9 Å². The molecule has 0 spiro atoms. The van der Waals surface area contributed by atoms with Crippen molar-refractivity contribution < 1.29 is 4.79 Å². The van der Waals surface area contributed by atoms with Crippen molar-refractivity contribution in [3.05, 3.63) is 59.7 Å². The summed E-state index contributed by atoms with van der Waals surface area (Å²) in [5, 5.41) is 3.33. The molecule has 2 aromatic rings. The molecule has 1 atom stereocenters. The number of hydrogen-bond donors (Lipinski definition) is 1. The molecule has 3 nitrogen and oxygen atoms in total. The van der Waals surface area contributed by atoms with Gasteiger partial charge >= 0.3 is 0 Å². The van der Waals surface area contributed by atoms with Crippen LogP contribution < -0.4 is 5.32 Å². The second-order valence-corrected chi connectivity index (χ2v) is 5.99. The second-order valence-electron chi connectivity index (χ2n) is 5.99. The predicted octanol–water partition coefficient (Wildman–Crippen LogP) is 2.63. The minimum absolute atomic E-state index is 0.106. The lowest BCUT2D eigenvalue weighted by Crippen LogP contribution is -2.54. The van der Waals surface area contributed by atoms with Crippen LogP contribution in [0.2, 0.25) is 0 Å². The van der Waals surface area contributed by atoms with Crippen LogP contribution in [0.1, 0.15) is 11.1 Å². The van der Waals surface area contributed by atoms with Crippen molar-refractivity contribution >= 4 is 5.91 Å². The molecule has 1 saturated heterocycles. The van der Waals surface area contributed by atoms with Crippen LogP contribution in [-0.4, -0.2) is 37.0 Å². The molecule has 22 heavy (non-hydrogen) atoms. The van der Waals surface area contributed by atoms with E-state index in [1.54, 1.807) is 0 Å². The summed E-state index contributed by atoms with van der Waals surface area (Å²) in [6, 6.07) is 16.8. The van der Waals surface area contributed by atoms with Gasteiger partial charge in [0.05, 0.1) is 6.04 Å². The highest BCUT2D eigenvalue weighted by atomic mass is 16.2. The highest BCUT2D eigenvalue weighted by Gasteiger charge is 2.25. The van der Waals surface area contributed by atoms with Crippen molar-refractivity contribution in [1.82, 2.24) is 10.2 Å². The zero-order valence-corrected chi connectivity index (χ0v) is 13.2. The fraction of sp³-hybridized carbons (Fsp3) is 0.316. The van der Waals surface area contributed by atoms with Gasteiger partial charge in [0.2, 0.25) is 5.91 Å². The number of aryl methyl sites for hydroxylation is 1. The number of carbonyl (C=O) groups is 1. The maximum atomic E-state index is 12.2. The van der Waals surface area contributed by atoms with Gasteiger partial charge in [0.1, 0.15) is 0 Å². The number of hydrogen-bond acceptors (Lipinski definition) is 2. The van der Waals surface area contributed by atoms with E-state index < -0.39 is 0 Å². The van der Waals surface area contributed by atoms with Gasteiger partial charge in [0.15, 0.2) is 0 Å². The summed E-state index contributed by atoms with van der Waals surface area (Å²) in [7, 11) is 1.87. The highest BCUT2D eigenvalue weighted by molar-refractivity contribution is 5.82. The lowest BCUT2D eigenvalue weighted by molar-refractivity contribution is -0.134. The molecule has 1 fully saturated rings. The molecule has 0 bridgehead atoms. The van der Waals surface area contributed by atoms with Crippen LogP contribution in [0, 0.1) is 6.92 Å². The summed E-state index contributed by atoms with van der Waals surface area (Å²) in [5.74, 6) is 0.188. The summed E-state index contributed by atoms with van der Waals surface area (Å²) in [4.78, 5) is 14.0. The molecule has 1 N–H and O–H groups in total. The predicted molar refractivity (Wildman–Crippen MR) is 89.7 cm³/mol. The first-order chi connectivity index (χ1) is 10.6. The standard InChI is InChI=1S/C19H22N2O/c1-14-6-3-4-9-17(14)16-8-5-7-15(12-16)13-18-19(22)21(2)11-10-20-18/h3-9,12,18,20H,10-11,13H2,1-2H3/t18-/m0/s1. The third kappa shape index (κ3) is 3.04. The lowest BCUT2D eigenvalue weighted by atomic mass is 9.96. The maximum absolute atomic E-state index is 12.2. The minimum Gasteiger partial charge on any atom is -0.343 e. The van der Waals surface area contributed by atoms with E-state index in [1.807, 2.05) is 11.9 Å². The molecule has 1 aliphatic rings. The molecule has 0 aromatic heterocycles. The second kappa shape index (κ2) is 6.32. The van der Waals surface area contributed by atoms with Crippen LogP contribution >= 0.6 is 0 Å². The van der Waals surface area contributed by atoms with E-state index in [4.69, 9.17) is 0 Å². The molecular formula is C19H22N2O. The molecule has 1 aliphatic heterocycles. The van der Waals surface area contributed by atoms with Crippen molar-refractivity contribution in [2.24, 2.45) is 0 Å². The van der Waals surface area contributed by atoms with Crippen molar-refractivity contribution in [2.75, 3.05) is 20.1 Å². The normalized spacial score (nSPS) is 18.5. The van der Waals surface area contributed by atoms with Crippen molar-refractivity contribution in [3.63, 3.8) is 0 Å². The Hall–Kier alpha value is -2.13. The third-order valence-electron chi connectivity index (χ3n) is 4.34. The van der Waals surface area contributed by atoms with E-state index in [0.29, 0.717) is 0 Å². The van der Waals surface area contributed by atoms with Crippen LogP contribution in [-0.2, 0) is 11.2 Å². The number of rotatable bonds is 3. The van der Waals surface area contributed by atoms with Crippen molar-refractivity contribution in [2.45, 2.75) is 19.4 Å². The number of amides is 1. The number of nitrogens with one attached hydrogen (secondary N) is 1. The van der Waals surface area contributed by atoms with Gasteiger partial charge < -0.3 is 10.2 Å². The Bertz CT molecular complexity index is 681. The van der Waals surface area contributed by atoms with Crippen LogP contribution in [0.3, 0.4) is 0 Å². The Kier molecular flexibility index (Phi) is 4.25. The van der Waals surface area contributed by atoms with E-state index >= 15 is 0 Å². The fourth-order valence-corrected chi connectivity index (χ4v) is 3.03. The molecule has 114 valence electrons. The maximum Gasteiger partial charge on any atom is 0.239 e.